The molecule has 0 spiro atoms. The van der Waals surface area contributed by atoms with Gasteiger partial charge in [0.05, 0.1) is 0 Å². The molecule has 1 heteroatoms. The van der Waals surface area contributed by atoms with Crippen molar-refractivity contribution in [2.24, 2.45) is 0 Å². The second kappa shape index (κ2) is 7.27. The van der Waals surface area contributed by atoms with Crippen molar-refractivity contribution < 1.29 is 4.79 Å². The van der Waals surface area contributed by atoms with Gasteiger partial charge in [-0.15, -0.1) is 0 Å². The summed E-state index contributed by atoms with van der Waals surface area (Å²) in [6.07, 6.45) is 0.982. The Labute approximate surface area is 144 Å². The average molecular weight is 314 g/mol. The van der Waals surface area contributed by atoms with Crippen LogP contribution in [0.15, 0.2) is 78.9 Å². The molecule has 0 fully saturated rings. The largest absolute Gasteiger partial charge is 0.298 e. The van der Waals surface area contributed by atoms with E-state index in [1.807, 2.05) is 24.3 Å². The molecule has 0 amide bonds. The van der Waals surface area contributed by atoms with Crippen LogP contribution in [0.5, 0.6) is 0 Å². The van der Waals surface area contributed by atoms with Crippen LogP contribution >= 0.6 is 0 Å². The van der Waals surface area contributed by atoms with Crippen LogP contribution in [-0.4, -0.2) is 6.29 Å². The highest BCUT2D eigenvalue weighted by molar-refractivity contribution is 5.79. The average Bonchev–Trinajstić information content (AvgIpc) is 2.67. The summed E-state index contributed by atoms with van der Waals surface area (Å²) < 4.78 is 0. The van der Waals surface area contributed by atoms with E-state index in [1.165, 1.54) is 16.7 Å². The fourth-order valence-electron chi connectivity index (χ4n) is 3.41. The summed E-state index contributed by atoms with van der Waals surface area (Å²) in [6.45, 7) is 4.39. The first-order chi connectivity index (χ1) is 11.7. The Kier molecular flexibility index (Phi) is 4.90. The van der Waals surface area contributed by atoms with Gasteiger partial charge in [-0.05, 0) is 22.3 Å². The minimum Gasteiger partial charge on any atom is -0.298 e. The van der Waals surface area contributed by atoms with Gasteiger partial charge in [0.25, 0.3) is 0 Å². The van der Waals surface area contributed by atoms with Crippen LogP contribution in [-0.2, 0) is 0 Å². The molecule has 0 saturated heterocycles. The molecule has 0 radical (unpaired) electrons. The summed E-state index contributed by atoms with van der Waals surface area (Å²) in [5, 5.41) is 0. The van der Waals surface area contributed by atoms with Gasteiger partial charge < -0.3 is 0 Å². The number of hydrogen-bond acceptors (Lipinski definition) is 1. The van der Waals surface area contributed by atoms with Crippen molar-refractivity contribution in [2.45, 2.75) is 25.7 Å². The van der Waals surface area contributed by atoms with Gasteiger partial charge in [0.2, 0.25) is 0 Å². The Morgan fingerprint density at radius 1 is 0.667 bits per heavy atom. The highest BCUT2D eigenvalue weighted by atomic mass is 16.1. The van der Waals surface area contributed by atoms with Gasteiger partial charge in [-0.3, -0.25) is 4.79 Å². The smallest absolute Gasteiger partial charge is 0.150 e. The maximum absolute atomic E-state index is 11.7. The predicted octanol–water partition coefficient (Wildman–Crippen LogP) is 5.80. The van der Waals surface area contributed by atoms with Gasteiger partial charge in [0.15, 0.2) is 0 Å². The molecule has 1 nitrogen and oxygen atoms in total. The number of rotatable bonds is 5. The minimum atomic E-state index is 0.175. The van der Waals surface area contributed by atoms with E-state index in [-0.39, 0.29) is 11.8 Å². The van der Waals surface area contributed by atoms with Crippen molar-refractivity contribution in [3.05, 3.63) is 107 Å². The standard InChI is InChI=1S/C23H22O/c1-17(19-10-5-3-6-11-19)22-15-9-14-21(16-24)23(22)18(2)20-12-7-4-8-13-20/h3-18H,1-2H3. The van der Waals surface area contributed by atoms with Gasteiger partial charge in [-0.25, -0.2) is 0 Å². The molecule has 2 unspecified atom stereocenters. The van der Waals surface area contributed by atoms with Crippen molar-refractivity contribution in [1.82, 2.24) is 0 Å². The van der Waals surface area contributed by atoms with Crippen LogP contribution in [0.4, 0.5) is 0 Å². The Morgan fingerprint density at radius 3 is 1.75 bits per heavy atom. The first-order valence-electron chi connectivity index (χ1n) is 8.40. The lowest BCUT2D eigenvalue weighted by atomic mass is 9.80. The second-order valence-corrected chi connectivity index (χ2v) is 6.23. The third kappa shape index (κ3) is 3.16. The SMILES string of the molecule is CC(c1ccccc1)c1cccc(C=O)c1C(C)c1ccccc1. The van der Waals surface area contributed by atoms with Gasteiger partial charge in [-0.2, -0.15) is 0 Å². The zero-order chi connectivity index (χ0) is 16.9. The summed E-state index contributed by atoms with van der Waals surface area (Å²) in [7, 11) is 0. The summed E-state index contributed by atoms with van der Waals surface area (Å²) >= 11 is 0. The van der Waals surface area contributed by atoms with Crippen molar-refractivity contribution >= 4 is 6.29 Å². The van der Waals surface area contributed by atoms with Crippen molar-refractivity contribution in [3.63, 3.8) is 0 Å². The Bertz CT molecular complexity index is 806. The number of hydrogen-bond donors (Lipinski definition) is 0. The fourth-order valence-corrected chi connectivity index (χ4v) is 3.41. The fraction of sp³-hybridized carbons (Fsp3) is 0.174. The molecule has 2 atom stereocenters. The normalized spacial score (nSPS) is 13.2. The molecule has 0 aliphatic carbocycles. The summed E-state index contributed by atoms with van der Waals surface area (Å²) in [5.41, 5.74) is 5.64. The number of aldehydes is 1. The second-order valence-electron chi connectivity index (χ2n) is 6.23. The zero-order valence-electron chi connectivity index (χ0n) is 14.1. The first kappa shape index (κ1) is 16.2. The molecule has 0 bridgehead atoms. The quantitative estimate of drug-likeness (QED) is 0.544. The Balaban J connectivity index is 2.12. The molecule has 3 rings (SSSR count). The van der Waals surface area contributed by atoms with Crippen LogP contribution in [0.2, 0.25) is 0 Å². The highest BCUT2D eigenvalue weighted by Gasteiger charge is 2.20. The van der Waals surface area contributed by atoms with Crippen LogP contribution in [0.3, 0.4) is 0 Å². The highest BCUT2D eigenvalue weighted by Crippen LogP contribution is 2.35. The van der Waals surface area contributed by atoms with E-state index in [4.69, 9.17) is 0 Å². The van der Waals surface area contributed by atoms with Crippen molar-refractivity contribution in [1.29, 1.82) is 0 Å². The molecular formula is C23H22O. The molecule has 0 heterocycles. The summed E-state index contributed by atoms with van der Waals surface area (Å²) in [5.74, 6) is 0.418. The van der Waals surface area contributed by atoms with Crippen molar-refractivity contribution in [3.8, 4) is 0 Å². The van der Waals surface area contributed by atoms with Crippen LogP contribution < -0.4 is 0 Å². The van der Waals surface area contributed by atoms with E-state index in [1.54, 1.807) is 0 Å². The molecule has 3 aromatic carbocycles. The van der Waals surface area contributed by atoms with E-state index >= 15 is 0 Å². The lowest BCUT2D eigenvalue weighted by Crippen LogP contribution is -2.08. The molecule has 0 N–H and O–H groups in total. The van der Waals surface area contributed by atoms with Crippen LogP contribution in [0.1, 0.15) is 58.3 Å². The molecular weight excluding hydrogens is 292 g/mol. The van der Waals surface area contributed by atoms with Gasteiger partial charge >= 0.3 is 0 Å². The molecule has 0 aromatic heterocycles. The number of carbonyl (C=O) groups excluding carboxylic acids is 1. The first-order valence-corrected chi connectivity index (χ1v) is 8.40. The molecule has 0 saturated carbocycles. The van der Waals surface area contributed by atoms with Gasteiger partial charge in [-0.1, -0.05) is 92.7 Å². The van der Waals surface area contributed by atoms with Crippen molar-refractivity contribution in [2.75, 3.05) is 0 Å². The number of carbonyl (C=O) groups is 1. The maximum Gasteiger partial charge on any atom is 0.150 e. The predicted molar refractivity (Wildman–Crippen MR) is 99.7 cm³/mol. The Hall–Kier alpha value is -2.67. The van der Waals surface area contributed by atoms with Gasteiger partial charge in [0.1, 0.15) is 6.29 Å². The molecule has 0 aliphatic heterocycles. The van der Waals surface area contributed by atoms with E-state index in [0.29, 0.717) is 0 Å². The number of benzene rings is 3. The van der Waals surface area contributed by atoms with E-state index in [2.05, 4.69) is 68.4 Å². The third-order valence-corrected chi connectivity index (χ3v) is 4.80. The lowest BCUT2D eigenvalue weighted by molar-refractivity contribution is 0.112. The summed E-state index contributed by atoms with van der Waals surface area (Å²) in [6, 6.07) is 26.9. The van der Waals surface area contributed by atoms with E-state index in [9.17, 15) is 4.79 Å². The lowest BCUT2D eigenvalue weighted by Gasteiger charge is -2.23. The zero-order valence-corrected chi connectivity index (χ0v) is 14.1. The van der Waals surface area contributed by atoms with Crippen LogP contribution in [0, 0.1) is 0 Å². The van der Waals surface area contributed by atoms with Gasteiger partial charge in [0, 0.05) is 17.4 Å². The maximum atomic E-state index is 11.7. The summed E-state index contributed by atoms with van der Waals surface area (Å²) in [4.78, 5) is 11.7. The third-order valence-electron chi connectivity index (χ3n) is 4.80. The minimum absolute atomic E-state index is 0.175. The van der Waals surface area contributed by atoms with Crippen LogP contribution in [0.25, 0.3) is 0 Å². The molecule has 24 heavy (non-hydrogen) atoms. The molecule has 0 aliphatic rings. The van der Waals surface area contributed by atoms with E-state index < -0.39 is 0 Å². The van der Waals surface area contributed by atoms with E-state index in [0.717, 1.165) is 17.4 Å². The molecule has 3 aromatic rings. The monoisotopic (exact) mass is 314 g/mol. The Morgan fingerprint density at radius 2 is 1.21 bits per heavy atom. The topological polar surface area (TPSA) is 17.1 Å². The molecule has 120 valence electrons.